The molecule has 0 fully saturated rings. The highest BCUT2D eigenvalue weighted by atomic mass is 32.2. The van der Waals surface area contributed by atoms with Gasteiger partial charge in [-0.25, -0.2) is 8.42 Å². The Morgan fingerprint density at radius 1 is 0.822 bits per heavy atom. The van der Waals surface area contributed by atoms with Crippen molar-refractivity contribution in [3.05, 3.63) is 106 Å². The van der Waals surface area contributed by atoms with Crippen LogP contribution in [0.15, 0.2) is 82.6 Å². The van der Waals surface area contributed by atoms with Gasteiger partial charge >= 0.3 is 6.18 Å². The van der Waals surface area contributed by atoms with Gasteiger partial charge < -0.3 is 20.6 Å². The number of anilines is 1. The van der Waals surface area contributed by atoms with Gasteiger partial charge in [-0.05, 0) is 64.4 Å². The molecule has 1 amide bonds. The van der Waals surface area contributed by atoms with E-state index in [1.807, 2.05) is 52.8 Å². The zero-order valence-electron chi connectivity index (χ0n) is 25.3. The number of hydrogen-bond donors (Lipinski definition) is 4. The molecule has 4 aromatic rings. The maximum atomic E-state index is 14.2. The van der Waals surface area contributed by atoms with Gasteiger partial charge in [0.15, 0.2) is 11.5 Å². The van der Waals surface area contributed by atoms with E-state index < -0.39 is 60.9 Å². The first-order valence-corrected chi connectivity index (χ1v) is 15.5. The number of rotatable bonds is 7. The molecule has 0 aliphatic carbocycles. The number of benzene rings is 4. The number of sulfone groups is 1. The van der Waals surface area contributed by atoms with Crippen LogP contribution >= 0.6 is 0 Å². The van der Waals surface area contributed by atoms with Crippen molar-refractivity contribution in [1.82, 2.24) is 0 Å². The lowest BCUT2D eigenvalue weighted by Crippen LogP contribution is -2.17. The summed E-state index contributed by atoms with van der Waals surface area (Å²) < 4.78 is 69.2. The van der Waals surface area contributed by atoms with E-state index in [9.17, 15) is 41.7 Å². The number of carbonyl (C=O) groups is 1. The average molecular weight is 642 g/mol. The predicted molar refractivity (Wildman–Crippen MR) is 165 cm³/mol. The molecule has 11 heteroatoms. The van der Waals surface area contributed by atoms with Gasteiger partial charge in [0.05, 0.1) is 20.9 Å². The van der Waals surface area contributed by atoms with Gasteiger partial charge in [-0.1, -0.05) is 71.0 Å². The summed E-state index contributed by atoms with van der Waals surface area (Å²) in [5, 5.41) is 33.6. The first-order valence-electron chi connectivity index (χ1n) is 14.0. The fourth-order valence-electron chi connectivity index (χ4n) is 5.00. The largest absolute Gasteiger partial charge is 0.504 e. The van der Waals surface area contributed by atoms with E-state index in [-0.39, 0.29) is 28.2 Å². The molecular weight excluding hydrogens is 607 g/mol. The fourth-order valence-corrected chi connectivity index (χ4v) is 6.46. The van der Waals surface area contributed by atoms with E-state index in [1.54, 1.807) is 18.2 Å². The number of carbonyl (C=O) groups excluding carboxylic acids is 1. The Morgan fingerprint density at radius 2 is 1.44 bits per heavy atom. The molecule has 238 valence electrons. The minimum absolute atomic E-state index is 0.0792. The lowest BCUT2D eigenvalue weighted by Gasteiger charge is -2.20. The quantitative estimate of drug-likeness (QED) is 0.152. The second-order valence-corrected chi connectivity index (χ2v) is 14.0. The molecule has 4 rings (SSSR count). The van der Waals surface area contributed by atoms with Gasteiger partial charge in [0.25, 0.3) is 5.91 Å². The van der Waals surface area contributed by atoms with Crippen LogP contribution in [0, 0.1) is 0 Å². The van der Waals surface area contributed by atoms with Crippen LogP contribution in [0.1, 0.15) is 78.7 Å². The molecule has 0 atom stereocenters. The molecule has 45 heavy (non-hydrogen) atoms. The summed E-state index contributed by atoms with van der Waals surface area (Å²) in [7, 11) is -4.61. The molecule has 0 saturated carbocycles. The first kappa shape index (κ1) is 33.4. The van der Waals surface area contributed by atoms with E-state index in [0.717, 1.165) is 34.9 Å². The zero-order valence-corrected chi connectivity index (χ0v) is 26.1. The van der Waals surface area contributed by atoms with Crippen LogP contribution in [0.2, 0.25) is 0 Å². The van der Waals surface area contributed by atoms with Crippen LogP contribution in [0.25, 0.3) is 0 Å². The smallest absolute Gasteiger partial charge is 0.417 e. The Kier molecular flexibility index (Phi) is 8.99. The number of aromatic hydroxyl groups is 3. The van der Waals surface area contributed by atoms with Gasteiger partial charge in [0.1, 0.15) is 0 Å². The Morgan fingerprint density at radius 3 is 2.02 bits per heavy atom. The normalized spacial score (nSPS) is 12.4. The van der Waals surface area contributed by atoms with Crippen molar-refractivity contribution in [1.29, 1.82) is 0 Å². The molecule has 0 aliphatic rings. The first-order chi connectivity index (χ1) is 20.8. The summed E-state index contributed by atoms with van der Waals surface area (Å²) in [4.78, 5) is 11.9. The molecule has 0 bridgehead atoms. The number of phenolic OH excluding ortho intramolecular Hbond substituents is 3. The van der Waals surface area contributed by atoms with Crippen molar-refractivity contribution in [2.75, 3.05) is 5.32 Å². The van der Waals surface area contributed by atoms with E-state index in [1.165, 1.54) is 12.1 Å². The third kappa shape index (κ3) is 6.93. The molecule has 0 radical (unpaired) electrons. The third-order valence-corrected chi connectivity index (χ3v) is 9.32. The van der Waals surface area contributed by atoms with Crippen molar-refractivity contribution in [2.45, 2.75) is 68.3 Å². The Balaban J connectivity index is 1.70. The van der Waals surface area contributed by atoms with Gasteiger partial charge in [0, 0.05) is 17.7 Å². The highest BCUT2D eigenvalue weighted by Gasteiger charge is 2.38. The van der Waals surface area contributed by atoms with Crippen molar-refractivity contribution in [2.24, 2.45) is 0 Å². The van der Waals surface area contributed by atoms with Crippen LogP contribution in [0.4, 0.5) is 18.9 Å². The number of amides is 1. The minimum atomic E-state index is -5.11. The van der Waals surface area contributed by atoms with Crippen LogP contribution in [0.5, 0.6) is 17.2 Å². The van der Waals surface area contributed by atoms with Gasteiger partial charge in [-0.2, -0.15) is 13.2 Å². The molecule has 0 aromatic heterocycles. The van der Waals surface area contributed by atoms with Crippen LogP contribution < -0.4 is 5.32 Å². The predicted octanol–water partition coefficient (Wildman–Crippen LogP) is 7.92. The standard InChI is InChI=1S/C34H34F3NO6S/c1-19(2)25-9-7-6-8-20(25)16-21-17-26(30(40)31(41)29(21)39)32(42)38-23-12-15-28(27(18-23)34(35,36)37)45(43,44)24-13-10-22(11-14-24)33(3,4)5/h6-15,17-19,39-41H,16H2,1-5H3,(H,38,42). The number of nitrogens with one attached hydrogen (secondary N) is 1. The lowest BCUT2D eigenvalue weighted by molar-refractivity contribution is -0.139. The summed E-state index contributed by atoms with van der Waals surface area (Å²) in [5.41, 5.74) is -0.0796. The fraction of sp³-hybridized carbons (Fsp3) is 0.265. The van der Waals surface area contributed by atoms with Crippen molar-refractivity contribution < 1.29 is 41.7 Å². The topological polar surface area (TPSA) is 124 Å². The summed E-state index contributed by atoms with van der Waals surface area (Å²) >= 11 is 0. The Labute approximate surface area is 259 Å². The molecular formula is C34H34F3NO6S. The second kappa shape index (κ2) is 12.1. The van der Waals surface area contributed by atoms with E-state index >= 15 is 0 Å². The van der Waals surface area contributed by atoms with E-state index in [2.05, 4.69) is 5.32 Å². The number of phenols is 3. The number of halogens is 3. The van der Waals surface area contributed by atoms with Gasteiger partial charge in [-0.15, -0.1) is 0 Å². The molecule has 0 spiro atoms. The zero-order chi connectivity index (χ0) is 33.5. The van der Waals surface area contributed by atoms with Crippen LogP contribution in [-0.4, -0.2) is 29.6 Å². The molecule has 4 aromatic carbocycles. The third-order valence-electron chi connectivity index (χ3n) is 7.49. The summed E-state index contributed by atoms with van der Waals surface area (Å²) in [6.07, 6.45) is -5.03. The highest BCUT2D eigenvalue weighted by Crippen LogP contribution is 2.43. The van der Waals surface area contributed by atoms with Crippen LogP contribution in [-0.2, 0) is 27.8 Å². The van der Waals surface area contributed by atoms with Crippen molar-refractivity contribution in [3.63, 3.8) is 0 Å². The highest BCUT2D eigenvalue weighted by molar-refractivity contribution is 7.91. The molecule has 0 heterocycles. The van der Waals surface area contributed by atoms with Gasteiger partial charge in [0.2, 0.25) is 15.6 Å². The molecule has 0 saturated heterocycles. The van der Waals surface area contributed by atoms with E-state index in [4.69, 9.17) is 0 Å². The minimum Gasteiger partial charge on any atom is -0.504 e. The lowest BCUT2D eigenvalue weighted by atomic mass is 9.87. The van der Waals surface area contributed by atoms with Crippen LogP contribution in [0.3, 0.4) is 0 Å². The SMILES string of the molecule is CC(C)c1ccccc1Cc1cc(C(=O)Nc2ccc(S(=O)(=O)c3ccc(C(C)(C)C)cc3)c(C(F)(F)F)c2)c(O)c(O)c1O. The number of hydrogen-bond acceptors (Lipinski definition) is 6. The summed E-state index contributed by atoms with van der Waals surface area (Å²) in [5.74, 6) is -3.56. The number of alkyl halides is 3. The average Bonchev–Trinajstić information content (AvgIpc) is 2.96. The van der Waals surface area contributed by atoms with Gasteiger partial charge in [-0.3, -0.25) is 4.79 Å². The molecule has 0 aliphatic heterocycles. The maximum absolute atomic E-state index is 14.2. The van der Waals surface area contributed by atoms with Crippen molar-refractivity contribution in [3.8, 4) is 17.2 Å². The Hall–Kier alpha value is -4.51. The Bertz CT molecular complexity index is 1860. The maximum Gasteiger partial charge on any atom is 0.417 e. The second-order valence-electron chi connectivity index (χ2n) is 12.1. The van der Waals surface area contributed by atoms with Crippen molar-refractivity contribution >= 4 is 21.4 Å². The molecule has 4 N–H and O–H groups in total. The molecule has 0 unspecified atom stereocenters. The summed E-state index contributed by atoms with van der Waals surface area (Å²) in [6.45, 7) is 9.69. The summed E-state index contributed by atoms with van der Waals surface area (Å²) in [6, 6.07) is 16.3. The monoisotopic (exact) mass is 641 g/mol. The van der Waals surface area contributed by atoms with E-state index in [0.29, 0.717) is 6.07 Å². The molecule has 7 nitrogen and oxygen atoms in total.